The van der Waals surface area contributed by atoms with Crippen LogP contribution in [0.15, 0.2) is 36.4 Å². The predicted octanol–water partition coefficient (Wildman–Crippen LogP) is 2.92. The van der Waals surface area contributed by atoms with E-state index in [0.717, 1.165) is 25.0 Å². The van der Waals surface area contributed by atoms with Crippen LogP contribution in [0.3, 0.4) is 0 Å². The fraction of sp³-hybridized carbons (Fsp3) is 0.471. The minimum Gasteiger partial charge on any atom is -0.491 e. The first kappa shape index (κ1) is 18.3. The standard InChI is InChI=1S/C17H20F3NO3/c18-17(19,20)13-5-7-15(8-6-13)24-11-14(22)10-21-16(23)9-12-3-1-2-4-12/h1,3,5-8,12,14,22H,2,4,9-11H2,(H,21,23). The number of carbonyl (C=O) groups is 1. The highest BCUT2D eigenvalue weighted by Crippen LogP contribution is 2.30. The number of ether oxygens (including phenoxy) is 1. The topological polar surface area (TPSA) is 58.6 Å². The van der Waals surface area contributed by atoms with Gasteiger partial charge >= 0.3 is 6.18 Å². The number of carbonyl (C=O) groups excluding carboxylic acids is 1. The second-order valence-electron chi connectivity index (χ2n) is 5.76. The van der Waals surface area contributed by atoms with Crippen molar-refractivity contribution in [3.63, 3.8) is 0 Å². The SMILES string of the molecule is O=C(CC1C=CCC1)NCC(O)COc1ccc(C(F)(F)F)cc1. The van der Waals surface area contributed by atoms with E-state index in [1.807, 2.05) is 12.2 Å². The van der Waals surface area contributed by atoms with Gasteiger partial charge in [0.15, 0.2) is 0 Å². The molecule has 0 heterocycles. The molecule has 0 fully saturated rings. The molecule has 0 radical (unpaired) electrons. The first-order valence-corrected chi connectivity index (χ1v) is 7.76. The highest BCUT2D eigenvalue weighted by Gasteiger charge is 2.30. The van der Waals surface area contributed by atoms with Crippen LogP contribution in [0.1, 0.15) is 24.8 Å². The molecule has 1 aromatic carbocycles. The van der Waals surface area contributed by atoms with Crippen molar-refractivity contribution in [1.82, 2.24) is 5.32 Å². The number of aliphatic hydroxyl groups is 1. The van der Waals surface area contributed by atoms with Crippen LogP contribution in [-0.2, 0) is 11.0 Å². The van der Waals surface area contributed by atoms with Gasteiger partial charge < -0.3 is 15.2 Å². The Balaban J connectivity index is 1.68. The van der Waals surface area contributed by atoms with Gasteiger partial charge in [-0.2, -0.15) is 13.2 Å². The molecule has 1 aromatic rings. The van der Waals surface area contributed by atoms with Crippen LogP contribution >= 0.6 is 0 Å². The van der Waals surface area contributed by atoms with E-state index in [9.17, 15) is 23.1 Å². The molecule has 1 amide bonds. The molecule has 2 unspecified atom stereocenters. The Kier molecular flexibility index (Phi) is 6.25. The zero-order chi connectivity index (χ0) is 17.6. The van der Waals surface area contributed by atoms with E-state index in [2.05, 4.69) is 5.32 Å². The van der Waals surface area contributed by atoms with Crippen molar-refractivity contribution < 1.29 is 27.8 Å². The van der Waals surface area contributed by atoms with Crippen LogP contribution in [0.5, 0.6) is 5.75 Å². The Bertz CT molecular complexity index is 569. The summed E-state index contributed by atoms with van der Waals surface area (Å²) in [5, 5.41) is 12.4. The summed E-state index contributed by atoms with van der Waals surface area (Å²) >= 11 is 0. The Morgan fingerprint density at radius 2 is 2.04 bits per heavy atom. The third kappa shape index (κ3) is 5.88. The summed E-state index contributed by atoms with van der Waals surface area (Å²) in [5.41, 5.74) is -0.761. The molecule has 0 aromatic heterocycles. The smallest absolute Gasteiger partial charge is 0.416 e. The maximum absolute atomic E-state index is 12.4. The average molecular weight is 343 g/mol. The van der Waals surface area contributed by atoms with E-state index < -0.39 is 17.8 Å². The highest BCUT2D eigenvalue weighted by molar-refractivity contribution is 5.76. The summed E-state index contributed by atoms with van der Waals surface area (Å²) in [6.45, 7) is -0.0785. The first-order chi connectivity index (χ1) is 11.3. The molecule has 132 valence electrons. The molecular formula is C17H20F3NO3. The quantitative estimate of drug-likeness (QED) is 0.749. The molecule has 0 bridgehead atoms. The van der Waals surface area contributed by atoms with Gasteiger partial charge in [-0.25, -0.2) is 0 Å². The Morgan fingerprint density at radius 1 is 1.33 bits per heavy atom. The van der Waals surface area contributed by atoms with Crippen LogP contribution in [0.4, 0.5) is 13.2 Å². The average Bonchev–Trinajstić information content (AvgIpc) is 3.03. The van der Waals surface area contributed by atoms with Crippen molar-refractivity contribution in [2.24, 2.45) is 5.92 Å². The van der Waals surface area contributed by atoms with Crippen LogP contribution in [0.2, 0.25) is 0 Å². The zero-order valence-corrected chi connectivity index (χ0v) is 13.1. The number of allylic oxidation sites excluding steroid dienone is 2. The fourth-order valence-corrected chi connectivity index (χ4v) is 2.40. The molecule has 2 rings (SSSR count). The Morgan fingerprint density at radius 3 is 2.62 bits per heavy atom. The zero-order valence-electron chi connectivity index (χ0n) is 13.1. The van der Waals surface area contributed by atoms with Gasteiger partial charge in [0.2, 0.25) is 5.91 Å². The third-order valence-corrected chi connectivity index (χ3v) is 3.72. The van der Waals surface area contributed by atoms with Crippen LogP contribution in [0, 0.1) is 5.92 Å². The summed E-state index contributed by atoms with van der Waals surface area (Å²) in [6, 6.07) is 4.22. The lowest BCUT2D eigenvalue weighted by molar-refractivity contribution is -0.137. The molecule has 2 atom stereocenters. The maximum Gasteiger partial charge on any atom is 0.416 e. The number of halogens is 3. The van der Waals surface area contributed by atoms with E-state index in [0.29, 0.717) is 6.42 Å². The van der Waals surface area contributed by atoms with Gasteiger partial charge in [-0.1, -0.05) is 12.2 Å². The van der Waals surface area contributed by atoms with E-state index in [4.69, 9.17) is 4.74 Å². The van der Waals surface area contributed by atoms with Crippen molar-refractivity contribution in [1.29, 1.82) is 0 Å². The van der Waals surface area contributed by atoms with Crippen LogP contribution in [0.25, 0.3) is 0 Å². The van der Waals surface area contributed by atoms with Gasteiger partial charge in [-0.3, -0.25) is 4.79 Å². The minimum absolute atomic E-state index is 0.0376. The lowest BCUT2D eigenvalue weighted by Gasteiger charge is -2.14. The maximum atomic E-state index is 12.4. The van der Waals surface area contributed by atoms with Gasteiger partial charge in [0.1, 0.15) is 18.5 Å². The van der Waals surface area contributed by atoms with Gasteiger partial charge in [0.25, 0.3) is 0 Å². The molecule has 4 nitrogen and oxygen atoms in total. The van der Waals surface area contributed by atoms with Crippen molar-refractivity contribution >= 4 is 5.91 Å². The number of rotatable bonds is 7. The predicted molar refractivity (Wildman–Crippen MR) is 82.4 cm³/mol. The lowest BCUT2D eigenvalue weighted by atomic mass is 10.1. The normalized spacial score (nSPS) is 18.4. The molecule has 0 aliphatic heterocycles. The fourth-order valence-electron chi connectivity index (χ4n) is 2.40. The molecular weight excluding hydrogens is 323 g/mol. The molecule has 1 aliphatic rings. The molecule has 0 saturated heterocycles. The van der Waals surface area contributed by atoms with Crippen LogP contribution < -0.4 is 10.1 Å². The third-order valence-electron chi connectivity index (χ3n) is 3.72. The number of alkyl halides is 3. The largest absolute Gasteiger partial charge is 0.491 e. The van der Waals surface area contributed by atoms with Crippen molar-refractivity contribution in [3.8, 4) is 5.75 Å². The number of nitrogens with one attached hydrogen (secondary N) is 1. The number of amides is 1. The van der Waals surface area contributed by atoms with E-state index >= 15 is 0 Å². The lowest BCUT2D eigenvalue weighted by Crippen LogP contribution is -2.35. The first-order valence-electron chi connectivity index (χ1n) is 7.76. The van der Waals surface area contributed by atoms with E-state index in [1.165, 1.54) is 12.1 Å². The molecule has 0 spiro atoms. The molecule has 7 heteroatoms. The monoisotopic (exact) mass is 343 g/mol. The second-order valence-corrected chi connectivity index (χ2v) is 5.76. The Hall–Kier alpha value is -2.02. The molecule has 0 saturated carbocycles. The summed E-state index contributed by atoms with van der Waals surface area (Å²) in [4.78, 5) is 11.7. The summed E-state index contributed by atoms with van der Waals surface area (Å²) in [7, 11) is 0. The molecule has 24 heavy (non-hydrogen) atoms. The van der Waals surface area contributed by atoms with Crippen molar-refractivity contribution in [2.75, 3.05) is 13.2 Å². The van der Waals surface area contributed by atoms with Crippen molar-refractivity contribution in [3.05, 3.63) is 42.0 Å². The van der Waals surface area contributed by atoms with Crippen molar-refractivity contribution in [2.45, 2.75) is 31.5 Å². The Labute approximate surface area is 138 Å². The second kappa shape index (κ2) is 8.19. The highest BCUT2D eigenvalue weighted by atomic mass is 19.4. The van der Waals surface area contributed by atoms with Gasteiger partial charge in [0, 0.05) is 13.0 Å². The van der Waals surface area contributed by atoms with Gasteiger partial charge in [-0.15, -0.1) is 0 Å². The number of benzene rings is 1. The number of aliphatic hydroxyl groups excluding tert-OH is 1. The number of hydrogen-bond donors (Lipinski definition) is 2. The van der Waals surface area contributed by atoms with Crippen LogP contribution in [-0.4, -0.2) is 30.3 Å². The van der Waals surface area contributed by atoms with E-state index in [1.54, 1.807) is 0 Å². The number of hydrogen-bond acceptors (Lipinski definition) is 3. The molecule has 1 aliphatic carbocycles. The minimum atomic E-state index is -4.39. The summed E-state index contributed by atoms with van der Waals surface area (Å²) in [5.74, 6) is 0.343. The van der Waals surface area contributed by atoms with Gasteiger partial charge in [-0.05, 0) is 43.0 Å². The van der Waals surface area contributed by atoms with Gasteiger partial charge in [0.05, 0.1) is 5.56 Å². The summed E-state index contributed by atoms with van der Waals surface area (Å²) < 4.78 is 42.5. The molecule has 2 N–H and O–H groups in total. The summed E-state index contributed by atoms with van der Waals surface area (Å²) in [6.07, 6.45) is 1.08. The van der Waals surface area contributed by atoms with E-state index in [-0.39, 0.29) is 30.7 Å².